The van der Waals surface area contributed by atoms with Gasteiger partial charge in [-0.05, 0) is 0 Å². The van der Waals surface area contributed by atoms with Crippen LogP contribution in [0.25, 0.3) is 0 Å². The van der Waals surface area contributed by atoms with Crippen molar-refractivity contribution < 1.29 is 13.9 Å². The lowest BCUT2D eigenvalue weighted by Gasteiger charge is -2.33. The number of hydrogen-bond acceptors (Lipinski definition) is 2. The number of alkyl halides is 2. The van der Waals surface area contributed by atoms with E-state index in [1.54, 1.807) is 0 Å². The van der Waals surface area contributed by atoms with Gasteiger partial charge >= 0.3 is 0 Å². The molecular formula is C6H11F2NO. The van der Waals surface area contributed by atoms with Crippen molar-refractivity contribution in [2.75, 3.05) is 13.1 Å². The highest BCUT2D eigenvalue weighted by molar-refractivity contribution is 4.88. The molecule has 0 saturated carbocycles. The van der Waals surface area contributed by atoms with E-state index in [2.05, 4.69) is 5.32 Å². The SMILES string of the molecule is C[C@H]1CNC[C@@H](O)C1(F)F. The van der Waals surface area contributed by atoms with Gasteiger partial charge in [0.05, 0.1) is 0 Å². The molecule has 1 rings (SSSR count). The van der Waals surface area contributed by atoms with Crippen LogP contribution in [0.2, 0.25) is 0 Å². The molecule has 0 aromatic carbocycles. The smallest absolute Gasteiger partial charge is 0.278 e. The summed E-state index contributed by atoms with van der Waals surface area (Å²) in [7, 11) is 0. The monoisotopic (exact) mass is 151 g/mol. The lowest BCUT2D eigenvalue weighted by Crippen LogP contribution is -2.54. The fourth-order valence-corrected chi connectivity index (χ4v) is 1.04. The van der Waals surface area contributed by atoms with Crippen molar-refractivity contribution in [2.24, 2.45) is 5.92 Å². The zero-order valence-corrected chi connectivity index (χ0v) is 5.77. The number of piperidine rings is 1. The van der Waals surface area contributed by atoms with E-state index in [4.69, 9.17) is 5.11 Å². The van der Waals surface area contributed by atoms with E-state index in [-0.39, 0.29) is 13.1 Å². The zero-order valence-electron chi connectivity index (χ0n) is 5.77. The Hall–Kier alpha value is -0.220. The van der Waals surface area contributed by atoms with E-state index in [0.29, 0.717) is 0 Å². The Morgan fingerprint density at radius 3 is 2.50 bits per heavy atom. The molecule has 0 spiro atoms. The van der Waals surface area contributed by atoms with E-state index in [1.165, 1.54) is 6.92 Å². The Balaban J connectivity index is 2.63. The van der Waals surface area contributed by atoms with Crippen LogP contribution in [-0.4, -0.2) is 30.2 Å². The predicted molar refractivity (Wildman–Crippen MR) is 33.0 cm³/mol. The molecule has 4 heteroatoms. The molecule has 1 heterocycles. The van der Waals surface area contributed by atoms with Gasteiger partial charge in [0.15, 0.2) is 0 Å². The van der Waals surface area contributed by atoms with E-state index >= 15 is 0 Å². The quantitative estimate of drug-likeness (QED) is 0.519. The van der Waals surface area contributed by atoms with Gasteiger partial charge in [-0.1, -0.05) is 6.92 Å². The first-order chi connectivity index (χ1) is 4.55. The van der Waals surface area contributed by atoms with Crippen molar-refractivity contribution in [3.05, 3.63) is 0 Å². The average molecular weight is 151 g/mol. The highest BCUT2D eigenvalue weighted by Crippen LogP contribution is 2.29. The fraction of sp³-hybridized carbons (Fsp3) is 1.00. The minimum absolute atomic E-state index is 0.00264. The largest absolute Gasteiger partial charge is 0.386 e. The summed E-state index contributed by atoms with van der Waals surface area (Å²) in [5, 5.41) is 11.5. The van der Waals surface area contributed by atoms with Crippen molar-refractivity contribution in [2.45, 2.75) is 19.0 Å². The Morgan fingerprint density at radius 2 is 2.10 bits per heavy atom. The van der Waals surface area contributed by atoms with Crippen molar-refractivity contribution in [1.29, 1.82) is 0 Å². The summed E-state index contributed by atoms with van der Waals surface area (Å²) in [6.45, 7) is 1.71. The van der Waals surface area contributed by atoms with Crippen LogP contribution in [0.5, 0.6) is 0 Å². The first-order valence-electron chi connectivity index (χ1n) is 3.31. The third-order valence-corrected chi connectivity index (χ3v) is 1.89. The second-order valence-corrected chi connectivity index (χ2v) is 2.75. The Bertz CT molecular complexity index is 117. The van der Waals surface area contributed by atoms with Gasteiger partial charge in [0.1, 0.15) is 6.10 Å². The number of β-amino-alcohol motifs (C(OH)–C–C–N with tert-alkyl or cyclic N) is 1. The van der Waals surface area contributed by atoms with Gasteiger partial charge < -0.3 is 10.4 Å². The molecule has 2 atom stereocenters. The van der Waals surface area contributed by atoms with E-state index < -0.39 is 17.9 Å². The van der Waals surface area contributed by atoms with Crippen LogP contribution in [-0.2, 0) is 0 Å². The minimum Gasteiger partial charge on any atom is -0.386 e. The summed E-state index contributed by atoms with van der Waals surface area (Å²) in [6.07, 6.45) is -1.52. The number of halogens is 2. The molecule has 1 fully saturated rings. The molecule has 0 bridgehead atoms. The van der Waals surface area contributed by atoms with Crippen LogP contribution < -0.4 is 5.32 Å². The Morgan fingerprint density at radius 1 is 1.50 bits per heavy atom. The van der Waals surface area contributed by atoms with Crippen LogP contribution in [0.4, 0.5) is 8.78 Å². The molecule has 0 aliphatic carbocycles. The third-order valence-electron chi connectivity index (χ3n) is 1.89. The molecular weight excluding hydrogens is 140 g/mol. The van der Waals surface area contributed by atoms with Gasteiger partial charge in [0.2, 0.25) is 0 Å². The van der Waals surface area contributed by atoms with Crippen LogP contribution in [0, 0.1) is 5.92 Å². The molecule has 1 saturated heterocycles. The topological polar surface area (TPSA) is 32.3 Å². The maximum absolute atomic E-state index is 12.7. The average Bonchev–Trinajstić information content (AvgIpc) is 1.84. The number of aliphatic hydroxyl groups excluding tert-OH is 1. The summed E-state index contributed by atoms with van der Waals surface area (Å²) >= 11 is 0. The molecule has 0 aromatic rings. The number of hydrogen-bond donors (Lipinski definition) is 2. The standard InChI is InChI=1S/C6H11F2NO/c1-4-2-9-3-5(10)6(4,7)8/h4-5,9-10H,2-3H2,1H3/t4-,5+/m0/s1. The normalized spacial score (nSPS) is 39.6. The minimum atomic E-state index is -2.91. The second kappa shape index (κ2) is 2.43. The van der Waals surface area contributed by atoms with Crippen LogP contribution in [0.1, 0.15) is 6.92 Å². The molecule has 0 unspecified atom stereocenters. The van der Waals surface area contributed by atoms with Gasteiger partial charge in [-0.15, -0.1) is 0 Å². The van der Waals surface area contributed by atoms with Crippen molar-refractivity contribution in [1.82, 2.24) is 5.32 Å². The zero-order chi connectivity index (χ0) is 7.78. The molecule has 1 aliphatic heterocycles. The fourth-order valence-electron chi connectivity index (χ4n) is 1.04. The Kier molecular flexibility index (Phi) is 1.92. The highest BCUT2D eigenvalue weighted by atomic mass is 19.3. The van der Waals surface area contributed by atoms with Gasteiger partial charge in [-0.25, -0.2) is 8.78 Å². The highest BCUT2D eigenvalue weighted by Gasteiger charge is 2.46. The van der Waals surface area contributed by atoms with E-state index in [9.17, 15) is 8.78 Å². The first-order valence-corrected chi connectivity index (χ1v) is 3.31. The first kappa shape index (κ1) is 7.88. The molecule has 1 aliphatic rings. The molecule has 2 nitrogen and oxygen atoms in total. The number of aliphatic hydroxyl groups is 1. The maximum atomic E-state index is 12.7. The van der Waals surface area contributed by atoms with Gasteiger partial charge in [-0.3, -0.25) is 0 Å². The number of rotatable bonds is 0. The summed E-state index contributed by atoms with van der Waals surface area (Å²) in [5.41, 5.74) is 0. The lowest BCUT2D eigenvalue weighted by molar-refractivity contribution is -0.155. The molecule has 2 N–H and O–H groups in total. The Labute approximate surface area is 58.2 Å². The van der Waals surface area contributed by atoms with Crippen molar-refractivity contribution >= 4 is 0 Å². The van der Waals surface area contributed by atoms with Gasteiger partial charge in [0, 0.05) is 19.0 Å². The lowest BCUT2D eigenvalue weighted by atomic mass is 9.95. The summed E-state index contributed by atoms with van der Waals surface area (Å²) in [5.74, 6) is -3.68. The molecule has 10 heavy (non-hydrogen) atoms. The second-order valence-electron chi connectivity index (χ2n) is 2.75. The summed E-state index contributed by atoms with van der Waals surface area (Å²) in [4.78, 5) is 0. The van der Waals surface area contributed by atoms with E-state index in [0.717, 1.165) is 0 Å². The molecule has 0 aromatic heterocycles. The molecule has 0 radical (unpaired) electrons. The van der Waals surface area contributed by atoms with E-state index in [1.807, 2.05) is 0 Å². The van der Waals surface area contributed by atoms with Crippen molar-refractivity contribution in [3.63, 3.8) is 0 Å². The molecule has 60 valence electrons. The van der Waals surface area contributed by atoms with Gasteiger partial charge in [0.25, 0.3) is 5.92 Å². The summed E-state index contributed by atoms with van der Waals surface area (Å²) < 4.78 is 25.4. The predicted octanol–water partition coefficient (Wildman–Crippen LogP) is 0.222. The van der Waals surface area contributed by atoms with Crippen LogP contribution >= 0.6 is 0 Å². The van der Waals surface area contributed by atoms with Crippen molar-refractivity contribution in [3.8, 4) is 0 Å². The van der Waals surface area contributed by atoms with Gasteiger partial charge in [-0.2, -0.15) is 0 Å². The maximum Gasteiger partial charge on any atom is 0.278 e. The van der Waals surface area contributed by atoms with Crippen LogP contribution in [0.15, 0.2) is 0 Å². The third kappa shape index (κ3) is 1.13. The molecule has 0 amide bonds. The van der Waals surface area contributed by atoms with Crippen LogP contribution in [0.3, 0.4) is 0 Å². The summed E-state index contributed by atoms with van der Waals surface area (Å²) in [6, 6.07) is 0. The number of nitrogens with one attached hydrogen (secondary N) is 1.